The van der Waals surface area contributed by atoms with Gasteiger partial charge in [-0.3, -0.25) is 4.79 Å². The van der Waals surface area contributed by atoms with E-state index in [4.69, 9.17) is 11.6 Å². The molecule has 0 fully saturated rings. The minimum absolute atomic E-state index is 0.0144. The van der Waals surface area contributed by atoms with E-state index in [-0.39, 0.29) is 11.4 Å². The normalized spacial score (nSPS) is 12.3. The van der Waals surface area contributed by atoms with E-state index in [1.165, 1.54) is 5.56 Å². The maximum absolute atomic E-state index is 12.1. The smallest absolute Gasteiger partial charge is 0.227 e. The van der Waals surface area contributed by atoms with Crippen LogP contribution in [0.25, 0.3) is 0 Å². The molecule has 2 nitrogen and oxygen atoms in total. The topological polar surface area (TPSA) is 29.1 Å². The second kappa shape index (κ2) is 6.42. The zero-order chi connectivity index (χ0) is 14.5. The lowest BCUT2D eigenvalue weighted by Gasteiger charge is -2.31. The highest BCUT2D eigenvalue weighted by Gasteiger charge is 2.30. The third-order valence-corrected chi connectivity index (χ3v) is 3.95. The van der Waals surface area contributed by atoms with Crippen molar-refractivity contribution in [3.8, 4) is 0 Å². The van der Waals surface area contributed by atoms with E-state index in [0.29, 0.717) is 5.88 Å². The van der Waals surface area contributed by atoms with Crippen LogP contribution in [0.15, 0.2) is 30.3 Å². The first kappa shape index (κ1) is 16.0. The van der Waals surface area contributed by atoms with Crippen molar-refractivity contribution in [3.63, 3.8) is 0 Å². The van der Waals surface area contributed by atoms with Gasteiger partial charge in [0.25, 0.3) is 0 Å². The zero-order valence-electron chi connectivity index (χ0n) is 12.3. The van der Waals surface area contributed by atoms with Gasteiger partial charge >= 0.3 is 0 Å². The molecule has 106 valence electrons. The van der Waals surface area contributed by atoms with Crippen molar-refractivity contribution in [2.24, 2.45) is 5.41 Å². The molecule has 0 saturated heterocycles. The molecule has 0 spiro atoms. The first-order valence-corrected chi connectivity index (χ1v) is 7.23. The zero-order valence-corrected chi connectivity index (χ0v) is 13.1. The fourth-order valence-electron chi connectivity index (χ4n) is 1.70. The van der Waals surface area contributed by atoms with Gasteiger partial charge in [0.2, 0.25) is 5.91 Å². The highest BCUT2D eigenvalue weighted by Crippen LogP contribution is 2.20. The van der Waals surface area contributed by atoms with E-state index in [9.17, 15) is 4.79 Å². The number of benzene rings is 1. The first-order chi connectivity index (χ1) is 8.77. The van der Waals surface area contributed by atoms with Gasteiger partial charge in [0.05, 0.1) is 5.41 Å². The number of alkyl halides is 1. The van der Waals surface area contributed by atoms with Crippen molar-refractivity contribution in [1.29, 1.82) is 0 Å². The quantitative estimate of drug-likeness (QED) is 0.790. The summed E-state index contributed by atoms with van der Waals surface area (Å²) < 4.78 is 0. The number of hydrogen-bond acceptors (Lipinski definition) is 1. The summed E-state index contributed by atoms with van der Waals surface area (Å²) in [6, 6.07) is 10.3. The number of carbonyl (C=O) groups is 1. The van der Waals surface area contributed by atoms with Crippen molar-refractivity contribution in [2.75, 3.05) is 5.88 Å². The fourth-order valence-corrected chi connectivity index (χ4v) is 1.82. The second-order valence-corrected chi connectivity index (χ2v) is 6.61. The fraction of sp³-hybridized carbons (Fsp3) is 0.562. The molecule has 0 aliphatic carbocycles. The van der Waals surface area contributed by atoms with Crippen LogP contribution in [0, 0.1) is 5.41 Å². The van der Waals surface area contributed by atoms with Gasteiger partial charge in [-0.1, -0.05) is 30.3 Å². The molecular weight excluding hydrogens is 258 g/mol. The lowest BCUT2D eigenvalue weighted by Crippen LogP contribution is -2.49. The third kappa shape index (κ3) is 5.23. The standard InChI is InChI=1S/C16H24ClNO/c1-15(2,12-17)14(19)18-16(3,4)11-10-13-8-6-5-7-9-13/h5-9H,10-12H2,1-4H3,(H,18,19). The SMILES string of the molecule is CC(C)(CCc1ccccc1)NC(=O)C(C)(C)CCl. The highest BCUT2D eigenvalue weighted by atomic mass is 35.5. The van der Waals surface area contributed by atoms with Crippen LogP contribution in [0.1, 0.15) is 39.7 Å². The van der Waals surface area contributed by atoms with E-state index in [2.05, 4.69) is 31.3 Å². The van der Waals surface area contributed by atoms with Gasteiger partial charge in [-0.15, -0.1) is 11.6 Å². The van der Waals surface area contributed by atoms with Gasteiger partial charge in [0.15, 0.2) is 0 Å². The molecule has 0 unspecified atom stereocenters. The Morgan fingerprint density at radius 3 is 2.26 bits per heavy atom. The molecule has 1 amide bonds. The van der Waals surface area contributed by atoms with Crippen molar-refractivity contribution in [1.82, 2.24) is 5.32 Å². The summed E-state index contributed by atoms with van der Waals surface area (Å²) in [5, 5.41) is 3.09. The Balaban J connectivity index is 2.55. The molecule has 0 atom stereocenters. The molecule has 1 aromatic rings. The molecule has 1 rings (SSSR count). The summed E-state index contributed by atoms with van der Waals surface area (Å²) in [5.41, 5.74) is 0.545. The predicted molar refractivity (Wildman–Crippen MR) is 81.5 cm³/mol. The summed E-state index contributed by atoms with van der Waals surface area (Å²) in [6.07, 6.45) is 1.86. The number of nitrogens with one attached hydrogen (secondary N) is 1. The summed E-state index contributed by atoms with van der Waals surface area (Å²) >= 11 is 5.83. The molecule has 19 heavy (non-hydrogen) atoms. The van der Waals surface area contributed by atoms with Crippen LogP contribution in [0.3, 0.4) is 0 Å². The summed E-state index contributed by atoms with van der Waals surface area (Å²) in [7, 11) is 0. The van der Waals surface area contributed by atoms with Crippen LogP contribution in [0.4, 0.5) is 0 Å². The van der Waals surface area contributed by atoms with Crippen molar-refractivity contribution >= 4 is 17.5 Å². The molecule has 1 N–H and O–H groups in total. The highest BCUT2D eigenvalue weighted by molar-refractivity contribution is 6.19. The monoisotopic (exact) mass is 281 g/mol. The molecule has 0 bridgehead atoms. The van der Waals surface area contributed by atoms with Gasteiger partial charge in [-0.25, -0.2) is 0 Å². The van der Waals surface area contributed by atoms with Crippen LogP contribution in [0.5, 0.6) is 0 Å². The largest absolute Gasteiger partial charge is 0.351 e. The van der Waals surface area contributed by atoms with E-state index in [0.717, 1.165) is 12.8 Å². The van der Waals surface area contributed by atoms with E-state index in [1.54, 1.807) is 0 Å². The van der Waals surface area contributed by atoms with Crippen LogP contribution < -0.4 is 5.32 Å². The lowest BCUT2D eigenvalue weighted by atomic mass is 9.90. The summed E-state index contributed by atoms with van der Waals surface area (Å²) in [4.78, 5) is 12.1. The Morgan fingerprint density at radius 1 is 1.16 bits per heavy atom. The maximum atomic E-state index is 12.1. The molecule has 0 aromatic heterocycles. The van der Waals surface area contributed by atoms with Crippen LogP contribution in [0.2, 0.25) is 0 Å². The van der Waals surface area contributed by atoms with Crippen LogP contribution >= 0.6 is 11.6 Å². The summed E-state index contributed by atoms with van der Waals surface area (Å²) in [5.74, 6) is 0.341. The Hall–Kier alpha value is -1.02. The minimum atomic E-state index is -0.522. The average Bonchev–Trinajstić information content (AvgIpc) is 2.37. The molecule has 0 heterocycles. The number of aryl methyl sites for hydroxylation is 1. The molecule has 0 aliphatic heterocycles. The van der Waals surface area contributed by atoms with Crippen LogP contribution in [-0.4, -0.2) is 17.3 Å². The van der Waals surface area contributed by atoms with Gasteiger partial charge in [-0.2, -0.15) is 0 Å². The Labute approximate surface area is 121 Å². The minimum Gasteiger partial charge on any atom is -0.351 e. The molecule has 0 radical (unpaired) electrons. The van der Waals surface area contributed by atoms with Crippen molar-refractivity contribution in [3.05, 3.63) is 35.9 Å². The maximum Gasteiger partial charge on any atom is 0.227 e. The molecular formula is C16H24ClNO. The Bertz CT molecular complexity index is 412. The van der Waals surface area contributed by atoms with Crippen molar-refractivity contribution in [2.45, 2.75) is 46.1 Å². The van der Waals surface area contributed by atoms with Crippen LogP contribution in [-0.2, 0) is 11.2 Å². The van der Waals surface area contributed by atoms with Crippen molar-refractivity contribution < 1.29 is 4.79 Å². The average molecular weight is 282 g/mol. The first-order valence-electron chi connectivity index (χ1n) is 6.69. The van der Waals surface area contributed by atoms with Gasteiger partial charge < -0.3 is 5.32 Å². The Kier molecular flexibility index (Phi) is 5.42. The molecule has 0 aliphatic rings. The number of rotatable bonds is 6. The van der Waals surface area contributed by atoms with Gasteiger partial charge in [0, 0.05) is 11.4 Å². The third-order valence-electron chi connectivity index (χ3n) is 3.28. The number of hydrogen-bond donors (Lipinski definition) is 1. The predicted octanol–water partition coefficient (Wildman–Crippen LogP) is 3.78. The molecule has 0 saturated carbocycles. The lowest BCUT2D eigenvalue weighted by molar-refractivity contribution is -0.130. The second-order valence-electron chi connectivity index (χ2n) is 6.34. The summed E-state index contributed by atoms with van der Waals surface area (Å²) in [6.45, 7) is 7.83. The number of halogens is 1. The van der Waals surface area contributed by atoms with E-state index in [1.807, 2.05) is 32.0 Å². The number of carbonyl (C=O) groups excluding carboxylic acids is 1. The van der Waals surface area contributed by atoms with Gasteiger partial charge in [0.1, 0.15) is 0 Å². The number of amides is 1. The van der Waals surface area contributed by atoms with Gasteiger partial charge in [-0.05, 0) is 46.1 Å². The molecule has 1 aromatic carbocycles. The Morgan fingerprint density at radius 2 is 1.74 bits per heavy atom. The van der Waals surface area contributed by atoms with E-state index < -0.39 is 5.41 Å². The van der Waals surface area contributed by atoms with E-state index >= 15 is 0 Å². The molecule has 3 heteroatoms.